The van der Waals surface area contributed by atoms with E-state index in [0.717, 1.165) is 10.0 Å². The van der Waals surface area contributed by atoms with E-state index >= 15 is 0 Å². The third kappa shape index (κ3) is 2.95. The Hall–Kier alpha value is -1.56. The van der Waals surface area contributed by atoms with Crippen molar-refractivity contribution in [2.24, 2.45) is 5.92 Å². The van der Waals surface area contributed by atoms with Crippen molar-refractivity contribution in [1.82, 2.24) is 5.32 Å². The quantitative estimate of drug-likeness (QED) is 0.879. The highest BCUT2D eigenvalue weighted by molar-refractivity contribution is 9.10. The van der Waals surface area contributed by atoms with E-state index in [2.05, 4.69) is 21.2 Å². The average Bonchev–Trinajstić information content (AvgIpc) is 2.77. The fraction of sp³-hybridized carbons (Fsp3) is 0.429. The summed E-state index contributed by atoms with van der Waals surface area (Å²) in [6.07, 6.45) is 0. The second-order valence-electron chi connectivity index (χ2n) is 5.11. The highest BCUT2D eigenvalue weighted by Gasteiger charge is 2.33. The monoisotopic (exact) mass is 341 g/mol. The maximum atomic E-state index is 12.3. The topological polar surface area (TPSA) is 75.6 Å². The van der Waals surface area contributed by atoms with Crippen molar-refractivity contribution in [3.8, 4) is 5.75 Å². The van der Waals surface area contributed by atoms with Crippen LogP contribution in [0.5, 0.6) is 5.75 Å². The maximum absolute atomic E-state index is 12.3. The van der Waals surface area contributed by atoms with E-state index in [1.807, 2.05) is 12.1 Å². The number of rotatable bonds is 4. The van der Waals surface area contributed by atoms with Gasteiger partial charge in [-0.1, -0.05) is 29.8 Å². The average molecular weight is 342 g/mol. The maximum Gasteiger partial charge on any atom is 0.326 e. The molecule has 6 heteroatoms. The van der Waals surface area contributed by atoms with E-state index in [1.54, 1.807) is 19.9 Å². The van der Waals surface area contributed by atoms with Crippen molar-refractivity contribution < 1.29 is 19.4 Å². The molecule has 0 fully saturated rings. The van der Waals surface area contributed by atoms with Gasteiger partial charge in [0.05, 0.1) is 0 Å². The molecule has 0 bridgehead atoms. The van der Waals surface area contributed by atoms with E-state index in [1.165, 1.54) is 0 Å². The first kappa shape index (κ1) is 14.8. The Morgan fingerprint density at radius 1 is 1.45 bits per heavy atom. The van der Waals surface area contributed by atoms with E-state index in [0.29, 0.717) is 5.75 Å². The summed E-state index contributed by atoms with van der Waals surface area (Å²) in [5.74, 6) is -1.32. The molecule has 5 nitrogen and oxygen atoms in total. The van der Waals surface area contributed by atoms with Crippen LogP contribution in [-0.4, -0.2) is 29.6 Å². The van der Waals surface area contributed by atoms with Crippen LogP contribution in [0.4, 0.5) is 0 Å². The first-order valence-corrected chi connectivity index (χ1v) is 7.15. The molecular formula is C14H16BrNO4. The zero-order chi connectivity index (χ0) is 14.9. The fourth-order valence-electron chi connectivity index (χ4n) is 2.17. The number of halogens is 1. The molecule has 1 heterocycles. The summed E-state index contributed by atoms with van der Waals surface area (Å²) in [5, 5.41) is 11.7. The minimum absolute atomic E-state index is 0.180. The molecular weight excluding hydrogens is 326 g/mol. The van der Waals surface area contributed by atoms with Crippen LogP contribution in [0, 0.1) is 5.92 Å². The van der Waals surface area contributed by atoms with Gasteiger partial charge in [-0.3, -0.25) is 4.79 Å². The lowest BCUT2D eigenvalue weighted by molar-refractivity contribution is -0.143. The Kier molecular flexibility index (Phi) is 4.32. The largest absolute Gasteiger partial charge is 0.492 e. The Bertz CT molecular complexity index is 544. The Labute approximate surface area is 125 Å². The van der Waals surface area contributed by atoms with Crippen molar-refractivity contribution in [3.05, 3.63) is 28.2 Å². The minimum atomic E-state index is -1.03. The first-order chi connectivity index (χ1) is 9.40. The summed E-state index contributed by atoms with van der Waals surface area (Å²) in [6.45, 7) is 3.76. The first-order valence-electron chi connectivity index (χ1n) is 6.35. The van der Waals surface area contributed by atoms with Crippen molar-refractivity contribution in [1.29, 1.82) is 0 Å². The summed E-state index contributed by atoms with van der Waals surface area (Å²) < 4.78 is 6.32. The standard InChI is InChI=1S/C14H16BrNO4/c1-7(2)12(14(18)19)16-13(17)10-6-20-11-4-3-8(15)5-9(10)11/h3-5,7,10,12H,6H2,1-2H3,(H,16,17)(H,18,19)/t10?,12-/m0/s1. The lowest BCUT2D eigenvalue weighted by Crippen LogP contribution is -2.46. The predicted octanol–water partition coefficient (Wildman–Crippen LogP) is 2.15. The van der Waals surface area contributed by atoms with Gasteiger partial charge < -0.3 is 15.2 Å². The van der Waals surface area contributed by atoms with Crippen LogP contribution in [0.3, 0.4) is 0 Å². The summed E-state index contributed by atoms with van der Waals surface area (Å²) in [4.78, 5) is 23.4. The number of amides is 1. The molecule has 0 spiro atoms. The van der Waals surface area contributed by atoms with Gasteiger partial charge in [-0.15, -0.1) is 0 Å². The smallest absolute Gasteiger partial charge is 0.326 e. The molecule has 1 aromatic carbocycles. The van der Waals surface area contributed by atoms with Crippen LogP contribution in [0.15, 0.2) is 22.7 Å². The van der Waals surface area contributed by atoms with Crippen LogP contribution in [0.25, 0.3) is 0 Å². The van der Waals surface area contributed by atoms with Gasteiger partial charge in [-0.2, -0.15) is 0 Å². The lowest BCUT2D eigenvalue weighted by Gasteiger charge is -2.20. The normalized spacial score (nSPS) is 18.3. The van der Waals surface area contributed by atoms with Crippen LogP contribution < -0.4 is 10.1 Å². The zero-order valence-corrected chi connectivity index (χ0v) is 12.8. The fourth-order valence-corrected chi connectivity index (χ4v) is 2.55. The van der Waals surface area contributed by atoms with Gasteiger partial charge in [0.15, 0.2) is 0 Å². The van der Waals surface area contributed by atoms with Gasteiger partial charge in [-0.05, 0) is 24.1 Å². The zero-order valence-electron chi connectivity index (χ0n) is 11.2. The van der Waals surface area contributed by atoms with Gasteiger partial charge in [0, 0.05) is 10.0 Å². The molecule has 20 heavy (non-hydrogen) atoms. The number of carbonyl (C=O) groups is 2. The number of hydrogen-bond acceptors (Lipinski definition) is 3. The highest BCUT2D eigenvalue weighted by atomic mass is 79.9. The van der Waals surface area contributed by atoms with E-state index in [4.69, 9.17) is 9.84 Å². The summed E-state index contributed by atoms with van der Waals surface area (Å²) >= 11 is 3.36. The lowest BCUT2D eigenvalue weighted by atomic mass is 9.98. The number of carboxylic acid groups (broad SMARTS) is 1. The Balaban J connectivity index is 2.16. The number of fused-ring (bicyclic) bond motifs is 1. The number of ether oxygens (including phenoxy) is 1. The molecule has 1 unspecified atom stereocenters. The molecule has 0 aliphatic carbocycles. The Morgan fingerprint density at radius 2 is 2.15 bits per heavy atom. The third-order valence-electron chi connectivity index (χ3n) is 3.30. The summed E-state index contributed by atoms with van der Waals surface area (Å²) in [6, 6.07) is 4.58. The number of aliphatic carboxylic acids is 1. The van der Waals surface area contributed by atoms with Crippen LogP contribution >= 0.6 is 15.9 Å². The van der Waals surface area contributed by atoms with Gasteiger partial charge in [0.25, 0.3) is 0 Å². The van der Waals surface area contributed by atoms with Crippen LogP contribution in [0.1, 0.15) is 25.3 Å². The minimum Gasteiger partial charge on any atom is -0.492 e. The molecule has 0 saturated heterocycles. The van der Waals surface area contributed by atoms with Crippen LogP contribution in [-0.2, 0) is 9.59 Å². The second kappa shape index (κ2) is 5.83. The number of carboxylic acids is 1. The summed E-state index contributed by atoms with van der Waals surface area (Å²) in [7, 11) is 0. The molecule has 2 atom stereocenters. The molecule has 0 radical (unpaired) electrons. The van der Waals surface area contributed by atoms with Gasteiger partial charge in [0.1, 0.15) is 24.3 Å². The van der Waals surface area contributed by atoms with Gasteiger partial charge >= 0.3 is 5.97 Å². The predicted molar refractivity (Wildman–Crippen MR) is 76.8 cm³/mol. The SMILES string of the molecule is CC(C)[C@H](NC(=O)C1COc2ccc(Br)cc21)C(=O)O. The van der Waals surface area contributed by atoms with E-state index in [-0.39, 0.29) is 18.4 Å². The molecule has 2 rings (SSSR count). The van der Waals surface area contributed by atoms with Crippen molar-refractivity contribution >= 4 is 27.8 Å². The number of nitrogens with one attached hydrogen (secondary N) is 1. The second-order valence-corrected chi connectivity index (χ2v) is 6.03. The number of benzene rings is 1. The molecule has 1 aliphatic heterocycles. The van der Waals surface area contributed by atoms with E-state index in [9.17, 15) is 9.59 Å². The number of carbonyl (C=O) groups excluding carboxylic acids is 1. The van der Waals surface area contributed by atoms with Crippen LogP contribution in [0.2, 0.25) is 0 Å². The molecule has 1 aromatic rings. The number of hydrogen-bond donors (Lipinski definition) is 2. The molecule has 2 N–H and O–H groups in total. The van der Waals surface area contributed by atoms with Gasteiger partial charge in [-0.25, -0.2) is 4.79 Å². The highest BCUT2D eigenvalue weighted by Crippen LogP contribution is 2.36. The molecule has 108 valence electrons. The van der Waals surface area contributed by atoms with E-state index < -0.39 is 17.9 Å². The Morgan fingerprint density at radius 3 is 2.75 bits per heavy atom. The molecule has 0 aromatic heterocycles. The third-order valence-corrected chi connectivity index (χ3v) is 3.79. The van der Waals surface area contributed by atoms with Crippen molar-refractivity contribution in [2.75, 3.05) is 6.61 Å². The molecule has 1 amide bonds. The van der Waals surface area contributed by atoms with Crippen molar-refractivity contribution in [2.45, 2.75) is 25.8 Å². The molecule has 0 saturated carbocycles. The summed E-state index contributed by atoms with van der Waals surface area (Å²) in [5.41, 5.74) is 0.782. The van der Waals surface area contributed by atoms with Gasteiger partial charge in [0.2, 0.25) is 5.91 Å². The molecule has 1 aliphatic rings. The van der Waals surface area contributed by atoms with Crippen molar-refractivity contribution in [3.63, 3.8) is 0 Å².